The third kappa shape index (κ3) is 2.23. The molecule has 1 aromatic carbocycles. The van der Waals surface area contributed by atoms with Crippen LogP contribution in [0, 0.1) is 0 Å². The van der Waals surface area contributed by atoms with Crippen molar-refractivity contribution < 1.29 is 14.7 Å². The number of para-hydroxylation sites is 2. The molecule has 0 radical (unpaired) electrons. The van der Waals surface area contributed by atoms with E-state index in [9.17, 15) is 4.79 Å². The zero-order valence-electron chi connectivity index (χ0n) is 7.73. The van der Waals surface area contributed by atoms with E-state index in [2.05, 4.69) is 20.3 Å². The highest BCUT2D eigenvalue weighted by atomic mass is 16.7. The number of H-pyrrole nitrogens is 1. The molecule has 1 heterocycles. The molecule has 0 saturated heterocycles. The van der Waals surface area contributed by atoms with E-state index in [1.807, 2.05) is 24.3 Å². The highest BCUT2D eigenvalue weighted by Crippen LogP contribution is 2.12. The molecule has 0 unspecified atom stereocenters. The second-order valence-electron chi connectivity index (χ2n) is 2.89. The Hall–Kier alpha value is -2.08. The van der Waals surface area contributed by atoms with E-state index in [1.54, 1.807) is 0 Å². The van der Waals surface area contributed by atoms with Crippen LogP contribution >= 0.6 is 0 Å². The Morgan fingerprint density at radius 3 is 3.07 bits per heavy atom. The van der Waals surface area contributed by atoms with Crippen LogP contribution in [-0.2, 0) is 9.63 Å². The summed E-state index contributed by atoms with van der Waals surface area (Å²) in [5, 5.41) is 8.34. The molecule has 0 amide bonds. The van der Waals surface area contributed by atoms with Crippen LogP contribution in [0.5, 0.6) is 0 Å². The fraction of sp³-hybridized carbons (Fsp3) is 0.111. The Kier molecular flexibility index (Phi) is 2.51. The minimum absolute atomic E-state index is 0.387. The molecule has 0 aliphatic heterocycles. The van der Waals surface area contributed by atoms with Gasteiger partial charge in [-0.1, -0.05) is 12.1 Å². The van der Waals surface area contributed by atoms with Crippen LogP contribution in [0.4, 0.5) is 5.95 Å². The number of nitrogens with one attached hydrogen (secondary N) is 2. The van der Waals surface area contributed by atoms with Gasteiger partial charge in [0.1, 0.15) is 0 Å². The van der Waals surface area contributed by atoms with Gasteiger partial charge in [0.25, 0.3) is 0 Å². The van der Waals surface area contributed by atoms with Crippen LogP contribution in [-0.4, -0.2) is 27.7 Å². The number of fused-ring (bicyclic) bond motifs is 1. The van der Waals surface area contributed by atoms with E-state index in [-0.39, 0.29) is 0 Å². The predicted octanol–water partition coefficient (Wildman–Crippen LogP) is 0.991. The number of carboxylic acid groups (broad SMARTS) is 1. The Morgan fingerprint density at radius 2 is 2.33 bits per heavy atom. The van der Waals surface area contributed by atoms with Gasteiger partial charge >= 0.3 is 5.97 Å². The first-order valence-corrected chi connectivity index (χ1v) is 4.30. The molecule has 0 atom stereocenters. The summed E-state index contributed by atoms with van der Waals surface area (Å²) in [6, 6.07) is 7.45. The molecule has 0 aliphatic rings. The molecule has 15 heavy (non-hydrogen) atoms. The van der Waals surface area contributed by atoms with Gasteiger partial charge in [-0.15, -0.1) is 0 Å². The van der Waals surface area contributed by atoms with Crippen LogP contribution in [0.2, 0.25) is 0 Å². The van der Waals surface area contributed by atoms with E-state index in [0.29, 0.717) is 5.95 Å². The van der Waals surface area contributed by atoms with Gasteiger partial charge in [-0.25, -0.2) is 15.3 Å². The Balaban J connectivity index is 2.05. The quantitative estimate of drug-likeness (QED) is 0.651. The molecule has 1 aromatic heterocycles. The first-order valence-electron chi connectivity index (χ1n) is 4.30. The molecule has 6 heteroatoms. The standard InChI is InChI=1S/C9H9N3O3/c13-8(14)5-15-12-9-10-6-3-1-2-4-7(6)11-9/h1-4H,5H2,(H,13,14)(H2,10,11,12). The number of benzene rings is 1. The summed E-state index contributed by atoms with van der Waals surface area (Å²) in [5.41, 5.74) is 4.07. The van der Waals surface area contributed by atoms with Crippen LogP contribution < -0.4 is 5.48 Å². The topological polar surface area (TPSA) is 87.2 Å². The third-order valence-corrected chi connectivity index (χ3v) is 1.75. The minimum Gasteiger partial charge on any atom is -0.479 e. The summed E-state index contributed by atoms with van der Waals surface area (Å²) in [4.78, 5) is 21.9. The largest absolute Gasteiger partial charge is 0.479 e. The monoisotopic (exact) mass is 207 g/mol. The van der Waals surface area contributed by atoms with Crippen LogP contribution in [0.15, 0.2) is 24.3 Å². The van der Waals surface area contributed by atoms with Crippen molar-refractivity contribution in [3.8, 4) is 0 Å². The first kappa shape index (κ1) is 9.47. The summed E-state index contributed by atoms with van der Waals surface area (Å²) in [6.07, 6.45) is 0. The fourth-order valence-electron chi connectivity index (χ4n) is 1.17. The number of aromatic nitrogens is 2. The predicted molar refractivity (Wildman–Crippen MR) is 53.3 cm³/mol. The van der Waals surface area contributed by atoms with Gasteiger partial charge in [0, 0.05) is 0 Å². The smallest absolute Gasteiger partial charge is 0.332 e. The molecule has 6 nitrogen and oxygen atoms in total. The molecular formula is C9H9N3O3. The highest BCUT2D eigenvalue weighted by Gasteiger charge is 2.02. The maximum atomic E-state index is 10.2. The van der Waals surface area contributed by atoms with Crippen molar-refractivity contribution in [2.24, 2.45) is 0 Å². The van der Waals surface area contributed by atoms with Crippen molar-refractivity contribution in [2.75, 3.05) is 12.1 Å². The van der Waals surface area contributed by atoms with E-state index < -0.39 is 12.6 Å². The average Bonchev–Trinajstić information content (AvgIpc) is 2.59. The minimum atomic E-state index is -1.04. The molecule has 2 rings (SSSR count). The summed E-state index contributed by atoms with van der Waals surface area (Å²) in [5.74, 6) is -0.656. The lowest BCUT2D eigenvalue weighted by atomic mass is 10.3. The van der Waals surface area contributed by atoms with E-state index >= 15 is 0 Å². The molecule has 2 aromatic rings. The van der Waals surface area contributed by atoms with Crippen molar-refractivity contribution in [2.45, 2.75) is 0 Å². The van der Waals surface area contributed by atoms with Gasteiger partial charge in [0.05, 0.1) is 11.0 Å². The lowest BCUT2D eigenvalue weighted by Gasteiger charge is -1.99. The lowest BCUT2D eigenvalue weighted by Crippen LogP contribution is -2.11. The van der Waals surface area contributed by atoms with Gasteiger partial charge in [0.15, 0.2) is 6.61 Å². The molecule has 0 fully saturated rings. The summed E-state index contributed by atoms with van der Waals surface area (Å²) in [7, 11) is 0. The normalized spacial score (nSPS) is 10.4. The van der Waals surface area contributed by atoms with Crippen molar-refractivity contribution in [3.63, 3.8) is 0 Å². The number of nitrogens with zero attached hydrogens (tertiary/aromatic N) is 1. The van der Waals surface area contributed by atoms with E-state index in [0.717, 1.165) is 11.0 Å². The second kappa shape index (κ2) is 3.97. The van der Waals surface area contributed by atoms with Gasteiger partial charge in [-0.05, 0) is 12.1 Å². The number of hydrogen-bond acceptors (Lipinski definition) is 4. The van der Waals surface area contributed by atoms with Gasteiger partial charge < -0.3 is 10.1 Å². The molecule has 78 valence electrons. The first-order chi connectivity index (χ1) is 7.25. The number of aromatic amines is 1. The fourth-order valence-corrected chi connectivity index (χ4v) is 1.17. The molecule has 0 aliphatic carbocycles. The molecule has 3 N–H and O–H groups in total. The molecular weight excluding hydrogens is 198 g/mol. The Bertz CT molecular complexity index is 447. The maximum Gasteiger partial charge on any atom is 0.332 e. The lowest BCUT2D eigenvalue weighted by molar-refractivity contribution is -0.141. The number of carboxylic acids is 1. The summed E-state index contributed by atoms with van der Waals surface area (Å²) < 4.78 is 0. The van der Waals surface area contributed by atoms with E-state index in [4.69, 9.17) is 5.11 Å². The van der Waals surface area contributed by atoms with Gasteiger partial charge in [-0.2, -0.15) is 0 Å². The zero-order chi connectivity index (χ0) is 10.7. The number of hydrogen-bond donors (Lipinski definition) is 3. The number of anilines is 1. The van der Waals surface area contributed by atoms with Crippen molar-refractivity contribution in [1.82, 2.24) is 9.97 Å². The summed E-state index contributed by atoms with van der Waals surface area (Å²) in [6.45, 7) is -0.420. The SMILES string of the molecule is O=C(O)CONc1nc2ccccc2[nH]1. The molecule has 0 saturated carbocycles. The third-order valence-electron chi connectivity index (χ3n) is 1.75. The van der Waals surface area contributed by atoms with Crippen molar-refractivity contribution in [3.05, 3.63) is 24.3 Å². The Labute approximate surface area is 84.8 Å². The second-order valence-corrected chi connectivity index (χ2v) is 2.89. The average molecular weight is 207 g/mol. The zero-order valence-corrected chi connectivity index (χ0v) is 7.73. The van der Waals surface area contributed by atoms with E-state index in [1.165, 1.54) is 0 Å². The van der Waals surface area contributed by atoms with Crippen LogP contribution in [0.1, 0.15) is 0 Å². The molecule has 0 spiro atoms. The van der Waals surface area contributed by atoms with Crippen molar-refractivity contribution >= 4 is 23.0 Å². The Morgan fingerprint density at radius 1 is 1.53 bits per heavy atom. The van der Waals surface area contributed by atoms with Crippen molar-refractivity contribution in [1.29, 1.82) is 0 Å². The van der Waals surface area contributed by atoms with Gasteiger partial charge in [0.2, 0.25) is 5.95 Å². The number of carbonyl (C=O) groups is 1. The van der Waals surface area contributed by atoms with Gasteiger partial charge in [-0.3, -0.25) is 4.84 Å². The van der Waals surface area contributed by atoms with Crippen LogP contribution in [0.3, 0.4) is 0 Å². The van der Waals surface area contributed by atoms with Crippen LogP contribution in [0.25, 0.3) is 11.0 Å². The summed E-state index contributed by atoms with van der Waals surface area (Å²) >= 11 is 0. The number of aliphatic carboxylic acids is 1. The maximum absolute atomic E-state index is 10.2. The highest BCUT2D eigenvalue weighted by molar-refractivity contribution is 5.77. The number of rotatable bonds is 4. The number of imidazole rings is 1. The molecule has 0 bridgehead atoms.